The maximum Gasteiger partial charge on any atom is 0.318 e. The molecular weight excluding hydrogens is 340 g/mol. The topological polar surface area (TPSA) is 61.8 Å². The van der Waals surface area contributed by atoms with Gasteiger partial charge in [0.1, 0.15) is 5.75 Å². The van der Waals surface area contributed by atoms with Crippen LogP contribution in [0.2, 0.25) is 0 Å². The predicted octanol–water partition coefficient (Wildman–Crippen LogP) is 3.15. The number of fused-ring (bicyclic) bond motifs is 1. The van der Waals surface area contributed by atoms with E-state index in [0.717, 1.165) is 30.6 Å². The lowest BCUT2D eigenvalue weighted by molar-refractivity contribution is 0.170. The number of aryl methyl sites for hydroxylation is 1. The molecule has 0 aromatic heterocycles. The second-order valence-corrected chi connectivity index (χ2v) is 6.88. The SMILES string of the molecule is CCOc1cccc(CN(CCO)C(=O)N[C@@H]2CCc3ccccc3C2)c1. The number of aliphatic hydroxyl groups is 1. The van der Waals surface area contributed by atoms with Crippen molar-refractivity contribution in [1.29, 1.82) is 0 Å². The zero-order valence-corrected chi connectivity index (χ0v) is 15.9. The molecule has 0 unspecified atom stereocenters. The first kappa shape index (κ1) is 19.2. The molecule has 0 bridgehead atoms. The van der Waals surface area contributed by atoms with E-state index in [1.165, 1.54) is 11.1 Å². The van der Waals surface area contributed by atoms with Gasteiger partial charge in [-0.05, 0) is 55.0 Å². The molecule has 2 aromatic rings. The van der Waals surface area contributed by atoms with Gasteiger partial charge in [-0.3, -0.25) is 0 Å². The zero-order valence-electron chi connectivity index (χ0n) is 15.9. The summed E-state index contributed by atoms with van der Waals surface area (Å²) in [5.74, 6) is 0.795. The van der Waals surface area contributed by atoms with Crippen LogP contribution in [0.3, 0.4) is 0 Å². The fraction of sp³-hybridized carbons (Fsp3) is 0.409. The minimum absolute atomic E-state index is 0.0634. The Hall–Kier alpha value is -2.53. The Morgan fingerprint density at radius 2 is 2.04 bits per heavy atom. The summed E-state index contributed by atoms with van der Waals surface area (Å²) in [7, 11) is 0. The van der Waals surface area contributed by atoms with Crippen molar-refractivity contribution in [3.63, 3.8) is 0 Å². The van der Waals surface area contributed by atoms with E-state index in [1.807, 2.05) is 37.3 Å². The zero-order chi connectivity index (χ0) is 19.1. The third-order valence-corrected chi connectivity index (χ3v) is 4.91. The standard InChI is InChI=1S/C22H28N2O3/c1-2-27-21-9-5-6-17(14-21)16-24(12-13-25)22(26)23-20-11-10-18-7-3-4-8-19(18)15-20/h3-9,14,20,25H,2,10-13,15-16H2,1H3,(H,23,26)/t20-/m1/s1. The number of amides is 2. The Kier molecular flexibility index (Phi) is 6.71. The van der Waals surface area contributed by atoms with Gasteiger partial charge in [0.15, 0.2) is 0 Å². The van der Waals surface area contributed by atoms with Crippen molar-refractivity contribution in [1.82, 2.24) is 10.2 Å². The van der Waals surface area contributed by atoms with Crippen molar-refractivity contribution in [3.8, 4) is 5.75 Å². The lowest BCUT2D eigenvalue weighted by Gasteiger charge is -2.29. The first-order valence-corrected chi connectivity index (χ1v) is 9.64. The molecule has 5 nitrogen and oxygen atoms in total. The third-order valence-electron chi connectivity index (χ3n) is 4.91. The summed E-state index contributed by atoms with van der Waals surface area (Å²) in [5.41, 5.74) is 3.67. The molecule has 5 heteroatoms. The molecule has 144 valence electrons. The van der Waals surface area contributed by atoms with Crippen LogP contribution in [0.15, 0.2) is 48.5 Å². The second kappa shape index (κ2) is 9.42. The predicted molar refractivity (Wildman–Crippen MR) is 106 cm³/mol. The number of nitrogens with one attached hydrogen (secondary N) is 1. The van der Waals surface area contributed by atoms with Gasteiger partial charge in [0, 0.05) is 19.1 Å². The molecule has 0 spiro atoms. The average molecular weight is 368 g/mol. The largest absolute Gasteiger partial charge is 0.494 e. The Labute approximate surface area is 161 Å². The number of carbonyl (C=O) groups excluding carboxylic acids is 1. The summed E-state index contributed by atoms with van der Waals surface area (Å²) in [6.45, 7) is 3.23. The Bertz CT molecular complexity index is 763. The monoisotopic (exact) mass is 368 g/mol. The van der Waals surface area contributed by atoms with Crippen LogP contribution in [0.5, 0.6) is 5.75 Å². The minimum atomic E-state index is -0.129. The van der Waals surface area contributed by atoms with E-state index in [-0.39, 0.29) is 18.7 Å². The molecule has 1 aliphatic rings. The highest BCUT2D eigenvalue weighted by atomic mass is 16.5. The van der Waals surface area contributed by atoms with E-state index >= 15 is 0 Å². The van der Waals surface area contributed by atoms with E-state index in [0.29, 0.717) is 19.7 Å². The van der Waals surface area contributed by atoms with E-state index in [1.54, 1.807) is 4.90 Å². The van der Waals surface area contributed by atoms with Crippen LogP contribution in [-0.2, 0) is 19.4 Å². The Morgan fingerprint density at radius 3 is 2.81 bits per heavy atom. The lowest BCUT2D eigenvalue weighted by atomic mass is 9.88. The molecule has 2 aromatic carbocycles. The van der Waals surface area contributed by atoms with Gasteiger partial charge in [0.05, 0.1) is 13.2 Å². The number of rotatable bonds is 7. The first-order valence-electron chi connectivity index (χ1n) is 9.64. The van der Waals surface area contributed by atoms with Crippen LogP contribution in [0, 0.1) is 0 Å². The van der Waals surface area contributed by atoms with Crippen LogP contribution < -0.4 is 10.1 Å². The van der Waals surface area contributed by atoms with Gasteiger partial charge < -0.3 is 20.1 Å². The van der Waals surface area contributed by atoms with Crippen molar-refractivity contribution >= 4 is 6.03 Å². The summed E-state index contributed by atoms with van der Waals surface area (Å²) in [5, 5.41) is 12.5. The maximum absolute atomic E-state index is 12.8. The average Bonchev–Trinajstić information content (AvgIpc) is 2.68. The van der Waals surface area contributed by atoms with Crippen LogP contribution in [0.25, 0.3) is 0 Å². The van der Waals surface area contributed by atoms with Gasteiger partial charge in [-0.25, -0.2) is 4.79 Å². The number of aliphatic hydroxyl groups excluding tert-OH is 1. The van der Waals surface area contributed by atoms with Gasteiger partial charge in [-0.2, -0.15) is 0 Å². The fourth-order valence-electron chi connectivity index (χ4n) is 3.58. The van der Waals surface area contributed by atoms with Crippen molar-refractivity contribution in [2.75, 3.05) is 19.8 Å². The highest BCUT2D eigenvalue weighted by Gasteiger charge is 2.22. The molecular formula is C22H28N2O3. The molecule has 2 N–H and O–H groups in total. The van der Waals surface area contributed by atoms with Crippen molar-refractivity contribution < 1.29 is 14.6 Å². The number of hydrogen-bond acceptors (Lipinski definition) is 3. The number of hydrogen-bond donors (Lipinski definition) is 2. The Balaban J connectivity index is 1.63. The lowest BCUT2D eigenvalue weighted by Crippen LogP contribution is -2.47. The summed E-state index contributed by atoms with van der Waals surface area (Å²) in [6.07, 6.45) is 2.78. The van der Waals surface area contributed by atoms with Crippen LogP contribution in [0.4, 0.5) is 4.79 Å². The van der Waals surface area contributed by atoms with Crippen molar-refractivity contribution in [2.45, 2.75) is 38.8 Å². The van der Waals surface area contributed by atoms with Crippen LogP contribution >= 0.6 is 0 Å². The van der Waals surface area contributed by atoms with Gasteiger partial charge >= 0.3 is 6.03 Å². The molecule has 27 heavy (non-hydrogen) atoms. The molecule has 2 amide bonds. The molecule has 1 atom stereocenters. The quantitative estimate of drug-likeness (QED) is 0.789. The molecule has 1 aliphatic carbocycles. The Morgan fingerprint density at radius 1 is 1.22 bits per heavy atom. The third kappa shape index (κ3) is 5.23. The summed E-state index contributed by atoms with van der Waals surface area (Å²) in [4.78, 5) is 14.5. The number of carbonyl (C=O) groups is 1. The van der Waals surface area contributed by atoms with Crippen molar-refractivity contribution in [3.05, 3.63) is 65.2 Å². The number of nitrogens with zero attached hydrogens (tertiary/aromatic N) is 1. The van der Waals surface area contributed by atoms with Gasteiger partial charge in [0.2, 0.25) is 0 Å². The first-order chi connectivity index (χ1) is 13.2. The number of ether oxygens (including phenoxy) is 1. The normalized spacial score (nSPS) is 15.7. The van der Waals surface area contributed by atoms with Crippen molar-refractivity contribution in [2.24, 2.45) is 0 Å². The van der Waals surface area contributed by atoms with E-state index in [9.17, 15) is 9.90 Å². The second-order valence-electron chi connectivity index (χ2n) is 6.88. The highest BCUT2D eigenvalue weighted by Crippen LogP contribution is 2.21. The summed E-state index contributed by atoms with van der Waals surface area (Å²) < 4.78 is 5.53. The van der Waals surface area contributed by atoms with E-state index in [4.69, 9.17) is 4.74 Å². The molecule has 0 saturated heterocycles. The molecule has 0 aliphatic heterocycles. The van der Waals surface area contributed by atoms with E-state index in [2.05, 4.69) is 23.5 Å². The minimum Gasteiger partial charge on any atom is -0.494 e. The molecule has 0 fully saturated rings. The molecule has 0 heterocycles. The summed E-state index contributed by atoms with van der Waals surface area (Å²) >= 11 is 0. The number of urea groups is 1. The van der Waals surface area contributed by atoms with Gasteiger partial charge in [-0.1, -0.05) is 36.4 Å². The summed E-state index contributed by atoms with van der Waals surface area (Å²) in [6, 6.07) is 16.2. The highest BCUT2D eigenvalue weighted by molar-refractivity contribution is 5.74. The van der Waals surface area contributed by atoms with E-state index < -0.39 is 0 Å². The van der Waals surface area contributed by atoms with Gasteiger partial charge in [-0.15, -0.1) is 0 Å². The number of benzene rings is 2. The molecule has 0 saturated carbocycles. The fourth-order valence-corrected chi connectivity index (χ4v) is 3.58. The van der Waals surface area contributed by atoms with Crippen LogP contribution in [-0.4, -0.2) is 41.8 Å². The van der Waals surface area contributed by atoms with Crippen LogP contribution in [0.1, 0.15) is 30.0 Å². The maximum atomic E-state index is 12.8. The van der Waals surface area contributed by atoms with Gasteiger partial charge in [0.25, 0.3) is 0 Å². The smallest absolute Gasteiger partial charge is 0.318 e. The molecule has 0 radical (unpaired) electrons. The molecule has 3 rings (SSSR count).